The summed E-state index contributed by atoms with van der Waals surface area (Å²) < 4.78 is 13.9. The summed E-state index contributed by atoms with van der Waals surface area (Å²) in [5, 5.41) is 5.44. The second-order valence-corrected chi connectivity index (χ2v) is 9.08. The number of rotatable bonds is 10. The molecule has 0 spiro atoms. The van der Waals surface area contributed by atoms with E-state index in [1.165, 1.54) is 4.68 Å². The molecule has 0 saturated heterocycles. The lowest BCUT2D eigenvalue weighted by Gasteiger charge is -2.18. The molecule has 0 fully saturated rings. The van der Waals surface area contributed by atoms with Crippen LogP contribution in [0.5, 0.6) is 11.5 Å². The quantitative estimate of drug-likeness (QED) is 0.274. The van der Waals surface area contributed by atoms with Crippen molar-refractivity contribution in [3.05, 3.63) is 61.6 Å². The monoisotopic (exact) mass is 533 g/mol. The fourth-order valence-electron chi connectivity index (χ4n) is 3.26. The molecule has 0 amide bonds. The number of nitrogens with zero attached hydrogens (tertiary/aromatic N) is 3. The van der Waals surface area contributed by atoms with Gasteiger partial charge in [0.05, 0.1) is 34.9 Å². The molecule has 2 aromatic carbocycles. The van der Waals surface area contributed by atoms with Gasteiger partial charge in [0.15, 0.2) is 11.5 Å². The summed E-state index contributed by atoms with van der Waals surface area (Å²) in [5.41, 5.74) is 1.15. The molecular formula is C25H29BrClN3O3. The Hall–Kier alpha value is -2.38. The van der Waals surface area contributed by atoms with Crippen molar-refractivity contribution in [2.24, 2.45) is 5.10 Å². The van der Waals surface area contributed by atoms with E-state index in [0.717, 1.165) is 23.7 Å². The standard InChI is InChI=1S/C25H29BrClN3O3/c1-5-8-9-23-29-21-11-10-18(26)14-19(21)25(31)30(23)28-15-17-12-20(27)24(33-16(4)6-2)22(13-17)32-7-3/h10-16H,5-9H2,1-4H3/t16-/m1/s1. The Bertz CT molecular complexity index is 1210. The van der Waals surface area contributed by atoms with Crippen molar-refractivity contribution in [3.8, 4) is 11.5 Å². The number of aromatic nitrogens is 2. The van der Waals surface area contributed by atoms with Gasteiger partial charge >= 0.3 is 0 Å². The average Bonchev–Trinajstić information content (AvgIpc) is 2.79. The third-order valence-corrected chi connectivity index (χ3v) is 5.95. The summed E-state index contributed by atoms with van der Waals surface area (Å²) in [6.07, 6.45) is 5.00. The number of aryl methyl sites for hydroxylation is 1. The summed E-state index contributed by atoms with van der Waals surface area (Å²) in [4.78, 5) is 18.0. The normalized spacial score (nSPS) is 12.4. The number of unbranched alkanes of at least 4 members (excludes halogenated alkanes) is 1. The molecule has 0 saturated carbocycles. The van der Waals surface area contributed by atoms with Crippen molar-refractivity contribution in [1.29, 1.82) is 0 Å². The maximum absolute atomic E-state index is 13.2. The molecule has 0 unspecified atom stereocenters. The maximum Gasteiger partial charge on any atom is 0.282 e. The van der Waals surface area contributed by atoms with Crippen LogP contribution in [0.15, 0.2) is 44.7 Å². The molecule has 3 rings (SSSR count). The molecule has 8 heteroatoms. The Kier molecular flexibility index (Phi) is 8.92. The van der Waals surface area contributed by atoms with Gasteiger partial charge in [-0.15, -0.1) is 0 Å². The zero-order valence-corrected chi connectivity index (χ0v) is 21.7. The number of benzene rings is 2. The average molecular weight is 535 g/mol. The summed E-state index contributed by atoms with van der Waals surface area (Å²) >= 11 is 9.96. The van der Waals surface area contributed by atoms with Crippen LogP contribution in [-0.4, -0.2) is 28.6 Å². The van der Waals surface area contributed by atoms with Gasteiger partial charge in [0, 0.05) is 10.9 Å². The number of ether oxygens (including phenoxy) is 2. The fourth-order valence-corrected chi connectivity index (χ4v) is 3.88. The van der Waals surface area contributed by atoms with Crippen molar-refractivity contribution >= 4 is 44.6 Å². The van der Waals surface area contributed by atoms with Crippen molar-refractivity contribution < 1.29 is 9.47 Å². The van der Waals surface area contributed by atoms with Gasteiger partial charge in [0.2, 0.25) is 0 Å². The molecule has 0 aliphatic carbocycles. The van der Waals surface area contributed by atoms with E-state index < -0.39 is 0 Å². The van der Waals surface area contributed by atoms with Gasteiger partial charge in [0.1, 0.15) is 5.82 Å². The van der Waals surface area contributed by atoms with E-state index in [1.807, 2.05) is 39.0 Å². The number of halogens is 2. The highest BCUT2D eigenvalue weighted by Crippen LogP contribution is 2.37. The van der Waals surface area contributed by atoms with E-state index in [9.17, 15) is 4.79 Å². The van der Waals surface area contributed by atoms with E-state index >= 15 is 0 Å². The predicted octanol–water partition coefficient (Wildman–Crippen LogP) is 6.61. The van der Waals surface area contributed by atoms with Crippen molar-refractivity contribution in [3.63, 3.8) is 0 Å². The molecule has 0 radical (unpaired) electrons. The molecule has 1 aromatic heterocycles. The van der Waals surface area contributed by atoms with Crippen LogP contribution in [0.4, 0.5) is 0 Å². The fraction of sp³-hybridized carbons (Fsp3) is 0.400. The number of hydrogen-bond acceptors (Lipinski definition) is 5. The van der Waals surface area contributed by atoms with Crippen LogP contribution in [0.3, 0.4) is 0 Å². The first-order valence-corrected chi connectivity index (χ1v) is 12.4. The third kappa shape index (κ3) is 6.15. The zero-order chi connectivity index (χ0) is 24.0. The minimum atomic E-state index is -0.212. The van der Waals surface area contributed by atoms with Gasteiger partial charge < -0.3 is 9.47 Å². The van der Waals surface area contributed by atoms with Gasteiger partial charge in [-0.3, -0.25) is 4.79 Å². The highest BCUT2D eigenvalue weighted by atomic mass is 79.9. The van der Waals surface area contributed by atoms with Crippen LogP contribution in [0.2, 0.25) is 5.02 Å². The Balaban J connectivity index is 2.07. The van der Waals surface area contributed by atoms with Crippen molar-refractivity contribution in [1.82, 2.24) is 9.66 Å². The Labute approximate surface area is 207 Å². The molecule has 1 heterocycles. The second-order valence-electron chi connectivity index (χ2n) is 7.75. The van der Waals surface area contributed by atoms with Crippen LogP contribution >= 0.6 is 27.5 Å². The summed E-state index contributed by atoms with van der Waals surface area (Å²) in [6, 6.07) is 9.07. The first-order chi connectivity index (χ1) is 15.9. The lowest BCUT2D eigenvalue weighted by molar-refractivity contribution is 0.203. The summed E-state index contributed by atoms with van der Waals surface area (Å²) in [5.74, 6) is 1.69. The van der Waals surface area contributed by atoms with Gasteiger partial charge in [-0.05, 0) is 62.6 Å². The molecule has 33 heavy (non-hydrogen) atoms. The smallest absolute Gasteiger partial charge is 0.282 e. The van der Waals surface area contributed by atoms with E-state index in [-0.39, 0.29) is 11.7 Å². The van der Waals surface area contributed by atoms with E-state index in [4.69, 9.17) is 26.1 Å². The second kappa shape index (κ2) is 11.7. The van der Waals surface area contributed by atoms with Gasteiger partial charge in [-0.1, -0.05) is 47.8 Å². The van der Waals surface area contributed by atoms with E-state index in [2.05, 4.69) is 28.0 Å². The summed E-state index contributed by atoms with van der Waals surface area (Å²) in [6.45, 7) is 8.50. The highest BCUT2D eigenvalue weighted by Gasteiger charge is 2.15. The number of fused-ring (bicyclic) bond motifs is 1. The lowest BCUT2D eigenvalue weighted by atomic mass is 10.2. The molecular weight excluding hydrogens is 506 g/mol. The largest absolute Gasteiger partial charge is 0.490 e. The van der Waals surface area contributed by atoms with Gasteiger partial charge in [-0.25, -0.2) is 4.98 Å². The maximum atomic E-state index is 13.2. The van der Waals surface area contributed by atoms with E-state index in [0.29, 0.717) is 51.8 Å². The minimum Gasteiger partial charge on any atom is -0.490 e. The molecule has 6 nitrogen and oxygen atoms in total. The molecule has 176 valence electrons. The molecule has 0 aliphatic rings. The Morgan fingerprint density at radius 3 is 2.73 bits per heavy atom. The first-order valence-electron chi connectivity index (χ1n) is 11.3. The topological polar surface area (TPSA) is 65.7 Å². The SMILES string of the molecule is CCCCc1nc2ccc(Br)cc2c(=O)n1N=Cc1cc(Cl)c(O[C@H](C)CC)c(OCC)c1. The zero-order valence-electron chi connectivity index (χ0n) is 19.4. The highest BCUT2D eigenvalue weighted by molar-refractivity contribution is 9.10. The van der Waals surface area contributed by atoms with Crippen LogP contribution in [0.1, 0.15) is 58.3 Å². The van der Waals surface area contributed by atoms with Gasteiger partial charge in [0.25, 0.3) is 5.56 Å². The Morgan fingerprint density at radius 2 is 2.03 bits per heavy atom. The molecule has 0 bridgehead atoms. The lowest BCUT2D eigenvalue weighted by Crippen LogP contribution is -2.22. The van der Waals surface area contributed by atoms with Gasteiger partial charge in [-0.2, -0.15) is 9.78 Å². The first kappa shape index (κ1) is 25.2. The molecule has 3 aromatic rings. The van der Waals surface area contributed by atoms with Crippen LogP contribution in [0, 0.1) is 0 Å². The molecule has 0 N–H and O–H groups in total. The van der Waals surface area contributed by atoms with Crippen LogP contribution in [-0.2, 0) is 6.42 Å². The summed E-state index contributed by atoms with van der Waals surface area (Å²) in [7, 11) is 0. The Morgan fingerprint density at radius 1 is 1.24 bits per heavy atom. The third-order valence-electron chi connectivity index (χ3n) is 5.18. The molecule has 0 aliphatic heterocycles. The van der Waals surface area contributed by atoms with E-state index in [1.54, 1.807) is 18.3 Å². The number of hydrogen-bond donors (Lipinski definition) is 0. The van der Waals surface area contributed by atoms with Crippen LogP contribution in [0.25, 0.3) is 10.9 Å². The predicted molar refractivity (Wildman–Crippen MR) is 138 cm³/mol. The van der Waals surface area contributed by atoms with Crippen molar-refractivity contribution in [2.45, 2.75) is 59.5 Å². The molecule has 1 atom stereocenters. The minimum absolute atomic E-state index is 0.00363. The van der Waals surface area contributed by atoms with Crippen LogP contribution < -0.4 is 15.0 Å². The van der Waals surface area contributed by atoms with Crippen molar-refractivity contribution in [2.75, 3.05) is 6.61 Å².